The average Bonchev–Trinajstić information content (AvgIpc) is 3.47. The molecule has 0 saturated carbocycles. The number of nitrogens with zero attached hydrogens (tertiary/aromatic N) is 5. The molecule has 2 aromatic heterocycles. The van der Waals surface area contributed by atoms with Crippen molar-refractivity contribution in [3.8, 4) is 17.9 Å². The molecule has 0 bridgehead atoms. The third-order valence-corrected chi connectivity index (χ3v) is 7.60. The van der Waals surface area contributed by atoms with Crippen molar-refractivity contribution in [2.75, 3.05) is 23.3 Å². The van der Waals surface area contributed by atoms with E-state index in [-0.39, 0.29) is 35.9 Å². The highest BCUT2D eigenvalue weighted by Gasteiger charge is 2.35. The summed E-state index contributed by atoms with van der Waals surface area (Å²) in [5, 5.41) is 20.5. The Labute approximate surface area is 261 Å². The smallest absolute Gasteiger partial charge is 0.354 e. The quantitative estimate of drug-likeness (QED) is 0.276. The molecule has 3 N–H and O–H groups in total. The standard InChI is InChI=1S/C31H27F3N8O4/c1-30(2,29(46)38-22-7-5-20(12-35)23(11-22)31(32,33)34)42-17-18(13-37-42)3-4-19-15-41(16-19)25-9-6-21(14-36-25)27(44)39-24-8-10-26(43)40-28(24)45/h5-7,9,11,13-14,17,19,24H,8,10,15-16H2,1-2H3,(H,38,46)(H,39,44)(H,40,43,45). The molecule has 2 fully saturated rings. The highest BCUT2D eigenvalue weighted by atomic mass is 19.4. The van der Waals surface area contributed by atoms with Gasteiger partial charge in [0.2, 0.25) is 11.8 Å². The van der Waals surface area contributed by atoms with Crippen molar-refractivity contribution in [1.29, 1.82) is 5.26 Å². The minimum atomic E-state index is -4.76. The maximum Gasteiger partial charge on any atom is 0.417 e. The van der Waals surface area contributed by atoms with E-state index in [1.807, 2.05) is 4.90 Å². The van der Waals surface area contributed by atoms with Gasteiger partial charge in [-0.05, 0) is 50.6 Å². The number of anilines is 2. The van der Waals surface area contributed by atoms with Crippen molar-refractivity contribution in [3.05, 3.63) is 71.2 Å². The molecule has 4 amide bonds. The van der Waals surface area contributed by atoms with E-state index >= 15 is 0 Å². The number of nitriles is 1. The molecule has 2 aliphatic heterocycles. The van der Waals surface area contributed by atoms with E-state index in [1.165, 1.54) is 29.2 Å². The van der Waals surface area contributed by atoms with Crippen LogP contribution in [0.1, 0.15) is 53.7 Å². The Balaban J connectivity index is 1.14. The summed E-state index contributed by atoms with van der Waals surface area (Å²) in [4.78, 5) is 55.0. The number of piperidine rings is 1. The third-order valence-electron chi connectivity index (χ3n) is 7.60. The second-order valence-electron chi connectivity index (χ2n) is 11.3. The minimum Gasteiger partial charge on any atom is -0.354 e. The van der Waals surface area contributed by atoms with Crippen molar-refractivity contribution in [2.24, 2.45) is 5.92 Å². The Morgan fingerprint density at radius 2 is 1.87 bits per heavy atom. The zero-order chi connectivity index (χ0) is 33.2. The van der Waals surface area contributed by atoms with Crippen molar-refractivity contribution < 1.29 is 32.3 Å². The Hall–Kier alpha value is -5.70. The molecule has 1 aromatic carbocycles. The zero-order valence-electron chi connectivity index (χ0n) is 24.6. The number of carbonyl (C=O) groups is 4. The maximum absolute atomic E-state index is 13.3. The van der Waals surface area contributed by atoms with Gasteiger partial charge in [-0.3, -0.25) is 29.2 Å². The van der Waals surface area contributed by atoms with Gasteiger partial charge in [-0.15, -0.1) is 0 Å². The molecule has 0 spiro atoms. The molecule has 236 valence electrons. The largest absolute Gasteiger partial charge is 0.417 e. The van der Waals surface area contributed by atoms with Gasteiger partial charge >= 0.3 is 6.18 Å². The first kappa shape index (κ1) is 31.7. The third kappa shape index (κ3) is 6.83. The molecule has 3 aromatic rings. The molecule has 1 atom stereocenters. The van der Waals surface area contributed by atoms with Gasteiger partial charge in [-0.2, -0.15) is 23.5 Å². The number of pyridine rings is 1. The number of alkyl halides is 3. The second-order valence-corrected chi connectivity index (χ2v) is 11.3. The van der Waals surface area contributed by atoms with Crippen LogP contribution in [0.25, 0.3) is 0 Å². The lowest BCUT2D eigenvalue weighted by molar-refractivity contribution is -0.138. The summed E-state index contributed by atoms with van der Waals surface area (Å²) in [6.45, 7) is 4.30. The Morgan fingerprint density at radius 1 is 1.11 bits per heavy atom. The summed E-state index contributed by atoms with van der Waals surface area (Å²) < 4.78 is 41.3. The highest BCUT2D eigenvalue weighted by molar-refractivity contribution is 6.03. The van der Waals surface area contributed by atoms with E-state index < -0.39 is 46.6 Å². The number of nitrogens with one attached hydrogen (secondary N) is 3. The summed E-state index contributed by atoms with van der Waals surface area (Å²) in [6, 6.07) is 6.98. The lowest BCUT2D eigenvalue weighted by Gasteiger charge is -2.37. The van der Waals surface area contributed by atoms with Crippen LogP contribution in [-0.4, -0.2) is 57.5 Å². The van der Waals surface area contributed by atoms with E-state index in [1.54, 1.807) is 32.2 Å². The van der Waals surface area contributed by atoms with Crippen LogP contribution in [0.5, 0.6) is 0 Å². The van der Waals surface area contributed by atoms with E-state index in [0.29, 0.717) is 24.5 Å². The minimum absolute atomic E-state index is 0.0242. The van der Waals surface area contributed by atoms with Crippen LogP contribution < -0.4 is 20.9 Å². The first-order chi connectivity index (χ1) is 21.7. The van der Waals surface area contributed by atoms with E-state index in [9.17, 15) is 32.3 Å². The Bertz CT molecular complexity index is 1810. The average molecular weight is 633 g/mol. The molecule has 2 aliphatic rings. The number of hydrogen-bond acceptors (Lipinski definition) is 8. The fraction of sp³-hybridized carbons (Fsp3) is 0.323. The van der Waals surface area contributed by atoms with Gasteiger partial charge in [0.25, 0.3) is 11.8 Å². The molecule has 5 rings (SSSR count). The number of halogens is 3. The number of amides is 4. The van der Waals surface area contributed by atoms with Crippen LogP contribution in [-0.2, 0) is 26.1 Å². The summed E-state index contributed by atoms with van der Waals surface area (Å²) in [7, 11) is 0. The van der Waals surface area contributed by atoms with Gasteiger partial charge < -0.3 is 15.5 Å². The molecule has 1 unspecified atom stereocenters. The van der Waals surface area contributed by atoms with Crippen LogP contribution in [0, 0.1) is 29.1 Å². The summed E-state index contributed by atoms with van der Waals surface area (Å²) in [5.74, 6) is 4.88. The summed E-state index contributed by atoms with van der Waals surface area (Å²) in [6.07, 6.45) is 0.113. The van der Waals surface area contributed by atoms with Gasteiger partial charge in [0, 0.05) is 37.6 Å². The van der Waals surface area contributed by atoms with Crippen molar-refractivity contribution in [3.63, 3.8) is 0 Å². The first-order valence-corrected chi connectivity index (χ1v) is 14.1. The number of carbonyl (C=O) groups excluding carboxylic acids is 4. The Morgan fingerprint density at radius 3 is 2.52 bits per heavy atom. The monoisotopic (exact) mass is 632 g/mol. The lowest BCUT2D eigenvalue weighted by Crippen LogP contribution is -2.52. The van der Waals surface area contributed by atoms with Crippen LogP contribution in [0.2, 0.25) is 0 Å². The molecule has 2 saturated heterocycles. The number of aromatic nitrogens is 3. The molecule has 4 heterocycles. The summed E-state index contributed by atoms with van der Waals surface area (Å²) in [5.41, 5.74) is -2.25. The lowest BCUT2D eigenvalue weighted by atomic mass is 10.0. The van der Waals surface area contributed by atoms with Crippen molar-refractivity contribution in [2.45, 2.75) is 44.4 Å². The van der Waals surface area contributed by atoms with E-state index in [4.69, 9.17) is 5.26 Å². The van der Waals surface area contributed by atoms with E-state index in [2.05, 4.69) is 37.9 Å². The predicted octanol–water partition coefficient (Wildman–Crippen LogP) is 2.57. The molecular formula is C31H27F3N8O4. The van der Waals surface area contributed by atoms with Crippen LogP contribution in [0.15, 0.2) is 48.9 Å². The predicted molar refractivity (Wildman–Crippen MR) is 157 cm³/mol. The highest BCUT2D eigenvalue weighted by Crippen LogP contribution is 2.34. The van der Waals surface area contributed by atoms with Crippen LogP contribution >= 0.6 is 0 Å². The fourth-order valence-corrected chi connectivity index (χ4v) is 4.76. The normalized spacial score (nSPS) is 16.8. The molecular weight excluding hydrogens is 605 g/mol. The molecule has 15 heteroatoms. The van der Waals surface area contributed by atoms with Gasteiger partial charge in [0.15, 0.2) is 0 Å². The van der Waals surface area contributed by atoms with Crippen molar-refractivity contribution in [1.82, 2.24) is 25.4 Å². The van der Waals surface area contributed by atoms with Gasteiger partial charge in [-0.25, -0.2) is 4.98 Å². The fourth-order valence-electron chi connectivity index (χ4n) is 4.76. The molecule has 0 aliphatic carbocycles. The Kier molecular flexibility index (Phi) is 8.52. The number of imide groups is 1. The number of hydrogen-bond donors (Lipinski definition) is 3. The van der Waals surface area contributed by atoms with E-state index in [0.717, 1.165) is 12.1 Å². The summed E-state index contributed by atoms with van der Waals surface area (Å²) >= 11 is 0. The van der Waals surface area contributed by atoms with Crippen LogP contribution in [0.4, 0.5) is 24.7 Å². The van der Waals surface area contributed by atoms with Crippen LogP contribution in [0.3, 0.4) is 0 Å². The molecule has 0 radical (unpaired) electrons. The molecule has 46 heavy (non-hydrogen) atoms. The number of benzene rings is 1. The van der Waals surface area contributed by atoms with Crippen molar-refractivity contribution >= 4 is 35.1 Å². The molecule has 12 nitrogen and oxygen atoms in total. The number of rotatable bonds is 6. The van der Waals surface area contributed by atoms with Gasteiger partial charge in [0.05, 0.1) is 40.4 Å². The maximum atomic E-state index is 13.3. The first-order valence-electron chi connectivity index (χ1n) is 14.1. The SMILES string of the molecule is CC(C)(C(=O)Nc1ccc(C#N)c(C(F)(F)F)c1)n1cc(C#CC2CN(c3ccc(C(=O)NC4CCC(=O)NC4=O)cn3)C2)cn1. The van der Waals surface area contributed by atoms with Gasteiger partial charge in [0.1, 0.15) is 17.4 Å². The van der Waals surface area contributed by atoms with Gasteiger partial charge in [-0.1, -0.05) is 11.8 Å². The topological polar surface area (TPSA) is 162 Å². The second kappa shape index (κ2) is 12.4. The zero-order valence-corrected chi connectivity index (χ0v) is 24.6.